The second-order valence-electron chi connectivity index (χ2n) is 6.28. The predicted octanol–water partition coefficient (Wildman–Crippen LogP) is 5.06. The van der Waals surface area contributed by atoms with E-state index in [2.05, 4.69) is 53.4 Å². The van der Waals surface area contributed by atoms with Gasteiger partial charge in [-0.15, -0.1) is 0 Å². The van der Waals surface area contributed by atoms with Crippen LogP contribution in [0.25, 0.3) is 0 Å². The van der Waals surface area contributed by atoms with Crippen molar-refractivity contribution in [1.82, 2.24) is 4.90 Å². The third-order valence-corrected chi connectivity index (χ3v) is 6.64. The molecule has 0 aliphatic carbocycles. The van der Waals surface area contributed by atoms with Crippen molar-refractivity contribution in [2.24, 2.45) is 0 Å². The van der Waals surface area contributed by atoms with Crippen molar-refractivity contribution in [2.45, 2.75) is 103 Å². The Labute approximate surface area is 126 Å². The molecule has 0 rings (SSSR count). The normalized spacial score (nSPS) is 13.6. The van der Waals surface area contributed by atoms with Crippen LogP contribution in [-0.4, -0.2) is 37.7 Å². The van der Waals surface area contributed by atoms with Gasteiger partial charge in [-0.25, -0.2) is 0 Å². The highest BCUT2D eigenvalue weighted by Crippen LogP contribution is 2.17. The maximum Gasteiger partial charge on any atom is 0.461 e. The quantitative estimate of drug-likeness (QED) is 0.388. The molecule has 0 aromatic rings. The lowest BCUT2D eigenvalue weighted by atomic mass is 10.2. The molecule has 0 fully saturated rings. The van der Waals surface area contributed by atoms with E-state index in [-0.39, 0.29) is 6.23 Å². The van der Waals surface area contributed by atoms with E-state index in [9.17, 15) is 0 Å². The van der Waals surface area contributed by atoms with E-state index in [0.717, 1.165) is 0 Å². The van der Waals surface area contributed by atoms with Crippen molar-refractivity contribution in [3.8, 4) is 0 Å². The van der Waals surface area contributed by atoms with Gasteiger partial charge in [0, 0.05) is 12.1 Å². The number of hydrogen-bond donors (Lipinski definition) is 0. The first-order valence-electron chi connectivity index (χ1n) is 8.36. The molecule has 19 heavy (non-hydrogen) atoms. The minimum atomic E-state index is -1.01. The fourth-order valence-corrected chi connectivity index (χ4v) is 5.91. The van der Waals surface area contributed by atoms with Gasteiger partial charge in [-0.05, 0) is 34.6 Å². The zero-order valence-electron chi connectivity index (χ0n) is 14.4. The molecule has 0 saturated carbocycles. The molecule has 0 aromatic carbocycles. The van der Waals surface area contributed by atoms with Crippen LogP contribution in [0.15, 0.2) is 0 Å². The van der Waals surface area contributed by atoms with Gasteiger partial charge in [0.15, 0.2) is 0 Å². The molecule has 0 bridgehead atoms. The molecule has 0 aromatic heterocycles. The van der Waals surface area contributed by atoms with Crippen molar-refractivity contribution in [1.29, 1.82) is 0 Å². The molecule has 0 radical (unpaired) electrons. The molecule has 0 spiro atoms. The van der Waals surface area contributed by atoms with E-state index in [1.165, 1.54) is 36.2 Å². The van der Waals surface area contributed by atoms with Crippen molar-refractivity contribution in [2.75, 3.05) is 0 Å². The topological polar surface area (TPSA) is 12.5 Å². The summed E-state index contributed by atoms with van der Waals surface area (Å²) in [6.07, 6.45) is 5.56. The Morgan fingerprint density at radius 2 is 1.26 bits per heavy atom. The Balaban J connectivity index is 4.43. The Bertz CT molecular complexity index is 193. The zero-order valence-corrected chi connectivity index (χ0v) is 15.6. The van der Waals surface area contributed by atoms with Gasteiger partial charge in [-0.3, -0.25) is 4.90 Å². The van der Waals surface area contributed by atoms with E-state index in [4.69, 9.17) is 3.79 Å². The molecular weight excluding hydrogens is 249 g/mol. The van der Waals surface area contributed by atoms with Crippen LogP contribution in [0.5, 0.6) is 0 Å². The second-order valence-corrected chi connectivity index (χ2v) is 8.95. The minimum Gasteiger partial charge on any atom is -0.487 e. The Hall–Kier alpha value is 0.452. The third kappa shape index (κ3) is 8.35. The van der Waals surface area contributed by atoms with E-state index in [0.29, 0.717) is 12.1 Å². The Morgan fingerprint density at radius 3 is 1.58 bits per heavy atom. The summed E-state index contributed by atoms with van der Waals surface area (Å²) in [6.45, 7) is 15.9. The molecular formula is C16H36AlNO. The molecule has 0 aliphatic rings. The molecule has 1 atom stereocenters. The van der Waals surface area contributed by atoms with Gasteiger partial charge >= 0.3 is 14.5 Å². The van der Waals surface area contributed by atoms with Crippen LogP contribution in [0, 0.1) is 0 Å². The summed E-state index contributed by atoms with van der Waals surface area (Å²) in [7, 11) is 0. The fraction of sp³-hybridized carbons (Fsp3) is 1.00. The molecule has 2 nitrogen and oxygen atoms in total. The summed E-state index contributed by atoms with van der Waals surface area (Å²) in [5.41, 5.74) is 0. The second kappa shape index (κ2) is 11.1. The van der Waals surface area contributed by atoms with Crippen molar-refractivity contribution >= 4 is 14.5 Å². The first-order chi connectivity index (χ1) is 8.93. The lowest BCUT2D eigenvalue weighted by molar-refractivity contribution is -0.00850. The number of hydrogen-bond acceptors (Lipinski definition) is 2. The molecule has 0 N–H and O–H groups in total. The first kappa shape index (κ1) is 19.5. The van der Waals surface area contributed by atoms with Crippen LogP contribution in [0.1, 0.15) is 74.1 Å². The summed E-state index contributed by atoms with van der Waals surface area (Å²) >= 11 is -1.01. The van der Waals surface area contributed by atoms with Gasteiger partial charge in [0.1, 0.15) is 0 Å². The van der Waals surface area contributed by atoms with Crippen molar-refractivity contribution in [3.63, 3.8) is 0 Å². The monoisotopic (exact) mass is 285 g/mol. The van der Waals surface area contributed by atoms with Gasteiger partial charge in [-0.1, -0.05) is 50.1 Å². The van der Waals surface area contributed by atoms with Gasteiger partial charge < -0.3 is 3.79 Å². The third-order valence-electron chi connectivity index (χ3n) is 3.76. The van der Waals surface area contributed by atoms with E-state index < -0.39 is 14.5 Å². The van der Waals surface area contributed by atoms with E-state index >= 15 is 0 Å². The maximum absolute atomic E-state index is 6.50. The van der Waals surface area contributed by atoms with Crippen LogP contribution in [-0.2, 0) is 3.79 Å². The number of nitrogens with zero attached hydrogens (tertiary/aromatic N) is 1. The summed E-state index contributed by atoms with van der Waals surface area (Å²) in [4.78, 5) is 2.50. The molecule has 114 valence electrons. The average Bonchev–Trinajstić information content (AvgIpc) is 2.31. The SMILES string of the molecule is CCC[CH2][Al]([CH2]CCC)[O]C(C)N(C(C)C)C(C)C. The van der Waals surface area contributed by atoms with Gasteiger partial charge in [0.25, 0.3) is 0 Å². The summed E-state index contributed by atoms with van der Waals surface area (Å²) < 4.78 is 6.50. The summed E-state index contributed by atoms with van der Waals surface area (Å²) in [5.74, 6) is 0. The standard InChI is InChI=1S/C8H18NO.2C4H9.Al/c1-6(2)9(7(3)4)8(5)10;2*1-3-4-2;/h6-8H,1-5H3;2*1,3-4H2,2H3;/q-1;;;+1. The van der Waals surface area contributed by atoms with Gasteiger partial charge in [-0.2, -0.15) is 0 Å². The lowest BCUT2D eigenvalue weighted by Gasteiger charge is -2.38. The van der Waals surface area contributed by atoms with Gasteiger partial charge in [0.05, 0.1) is 6.23 Å². The molecule has 1 unspecified atom stereocenters. The van der Waals surface area contributed by atoms with E-state index in [1.807, 2.05) is 0 Å². The number of unbranched alkanes of at least 4 members (excludes halogenated alkanes) is 2. The predicted molar refractivity (Wildman–Crippen MR) is 87.8 cm³/mol. The highest BCUT2D eigenvalue weighted by Gasteiger charge is 2.27. The number of rotatable bonds is 11. The van der Waals surface area contributed by atoms with Crippen LogP contribution in [0.4, 0.5) is 0 Å². The first-order valence-corrected chi connectivity index (χ1v) is 10.5. The Kier molecular flexibility index (Phi) is 11.4. The lowest BCUT2D eigenvalue weighted by Crippen LogP contribution is -2.47. The highest BCUT2D eigenvalue weighted by molar-refractivity contribution is 6.51. The van der Waals surface area contributed by atoms with Crippen molar-refractivity contribution < 1.29 is 3.79 Å². The zero-order chi connectivity index (χ0) is 14.8. The minimum absolute atomic E-state index is 0.283. The van der Waals surface area contributed by atoms with E-state index in [1.54, 1.807) is 0 Å². The maximum atomic E-state index is 6.50. The van der Waals surface area contributed by atoms with Crippen molar-refractivity contribution in [3.05, 3.63) is 0 Å². The summed E-state index contributed by atoms with van der Waals surface area (Å²) in [5, 5.41) is 2.70. The van der Waals surface area contributed by atoms with Crippen LogP contribution in [0.3, 0.4) is 0 Å². The molecule has 0 aliphatic heterocycles. The molecule has 0 saturated heterocycles. The highest BCUT2D eigenvalue weighted by atomic mass is 27.2. The fourth-order valence-electron chi connectivity index (χ4n) is 2.93. The summed E-state index contributed by atoms with van der Waals surface area (Å²) in [6, 6.07) is 1.11. The van der Waals surface area contributed by atoms with Crippen LogP contribution in [0.2, 0.25) is 10.6 Å². The smallest absolute Gasteiger partial charge is 0.461 e. The molecule has 0 heterocycles. The van der Waals surface area contributed by atoms with Crippen LogP contribution >= 0.6 is 0 Å². The van der Waals surface area contributed by atoms with Gasteiger partial charge in [0.2, 0.25) is 0 Å². The molecule has 3 heteroatoms. The van der Waals surface area contributed by atoms with Crippen LogP contribution < -0.4 is 0 Å². The largest absolute Gasteiger partial charge is 0.487 e. The molecule has 0 amide bonds. The Morgan fingerprint density at radius 1 is 0.842 bits per heavy atom. The average molecular weight is 285 g/mol.